The van der Waals surface area contributed by atoms with Gasteiger partial charge in [0.15, 0.2) is 0 Å². The van der Waals surface area contributed by atoms with Crippen LogP contribution in [-0.4, -0.2) is 46.9 Å². The van der Waals surface area contributed by atoms with Crippen molar-refractivity contribution in [3.63, 3.8) is 0 Å². The molecule has 1 N–H and O–H groups in total. The Kier molecular flexibility index (Phi) is 5.91. The predicted molar refractivity (Wildman–Crippen MR) is 116 cm³/mol. The van der Waals surface area contributed by atoms with Crippen LogP contribution in [0, 0.1) is 18.8 Å². The summed E-state index contributed by atoms with van der Waals surface area (Å²) >= 11 is 1.45. The monoisotopic (exact) mass is 461 g/mol. The zero-order valence-electron chi connectivity index (χ0n) is 17.4. The molecule has 3 aromatic rings. The summed E-state index contributed by atoms with van der Waals surface area (Å²) < 4.78 is 32.9. The number of rotatable bonds is 5. The molecule has 164 valence electrons. The van der Waals surface area contributed by atoms with Crippen molar-refractivity contribution in [3.05, 3.63) is 40.2 Å². The fraction of sp³-hybridized carbons (Fsp3) is 0.400. The predicted octanol–water partition coefficient (Wildman–Crippen LogP) is 3.42. The van der Waals surface area contributed by atoms with Crippen LogP contribution in [0.4, 0.5) is 6.01 Å². The third-order valence-corrected chi connectivity index (χ3v) is 7.69. The van der Waals surface area contributed by atoms with Gasteiger partial charge in [-0.15, -0.1) is 16.4 Å². The first-order valence-corrected chi connectivity index (χ1v) is 12.2. The van der Waals surface area contributed by atoms with Gasteiger partial charge in [-0.2, -0.15) is 4.31 Å². The lowest BCUT2D eigenvalue weighted by molar-refractivity contribution is 0.102. The summed E-state index contributed by atoms with van der Waals surface area (Å²) in [5, 5.41) is 12.9. The van der Waals surface area contributed by atoms with Gasteiger partial charge >= 0.3 is 6.01 Å². The molecule has 3 heterocycles. The van der Waals surface area contributed by atoms with Crippen LogP contribution in [0.5, 0.6) is 0 Å². The Morgan fingerprint density at radius 1 is 1.16 bits per heavy atom. The Hall–Kier alpha value is -2.63. The Balaban J connectivity index is 1.45. The average molecular weight is 462 g/mol. The van der Waals surface area contributed by atoms with Crippen LogP contribution in [0.25, 0.3) is 11.6 Å². The fourth-order valence-corrected chi connectivity index (χ4v) is 6.00. The van der Waals surface area contributed by atoms with Crippen molar-refractivity contribution in [2.24, 2.45) is 11.8 Å². The lowest BCUT2D eigenvalue weighted by Gasteiger charge is -2.34. The largest absolute Gasteiger partial charge is 0.401 e. The molecule has 0 radical (unpaired) electrons. The van der Waals surface area contributed by atoms with E-state index in [0.29, 0.717) is 30.6 Å². The molecule has 11 heteroatoms. The van der Waals surface area contributed by atoms with Gasteiger partial charge in [0.2, 0.25) is 10.0 Å². The van der Waals surface area contributed by atoms with Crippen molar-refractivity contribution in [2.75, 3.05) is 18.4 Å². The molecule has 1 amide bonds. The van der Waals surface area contributed by atoms with Crippen LogP contribution in [0.2, 0.25) is 0 Å². The summed E-state index contributed by atoms with van der Waals surface area (Å²) in [5.41, 5.74) is 0.829. The first-order valence-electron chi connectivity index (χ1n) is 9.90. The summed E-state index contributed by atoms with van der Waals surface area (Å²) in [6.45, 7) is 7.00. The third-order valence-electron chi connectivity index (χ3n) is 5.07. The van der Waals surface area contributed by atoms with Gasteiger partial charge in [0.1, 0.15) is 5.69 Å². The molecular weight excluding hydrogens is 438 g/mol. The summed E-state index contributed by atoms with van der Waals surface area (Å²) in [4.78, 5) is 16.9. The second-order valence-electron chi connectivity index (χ2n) is 7.91. The van der Waals surface area contributed by atoms with Gasteiger partial charge in [-0.3, -0.25) is 10.1 Å². The summed E-state index contributed by atoms with van der Waals surface area (Å²) in [6, 6.07) is 5.79. The number of sulfonamides is 1. The van der Waals surface area contributed by atoms with Crippen molar-refractivity contribution in [3.8, 4) is 11.6 Å². The number of aryl methyl sites for hydroxylation is 1. The van der Waals surface area contributed by atoms with Gasteiger partial charge in [-0.1, -0.05) is 18.9 Å². The number of amides is 1. The van der Waals surface area contributed by atoms with E-state index < -0.39 is 15.9 Å². The van der Waals surface area contributed by atoms with E-state index in [4.69, 9.17) is 4.42 Å². The van der Waals surface area contributed by atoms with E-state index in [2.05, 4.69) is 34.3 Å². The molecule has 2 atom stereocenters. The number of nitrogens with one attached hydrogen (secondary N) is 1. The number of benzene rings is 1. The van der Waals surface area contributed by atoms with Gasteiger partial charge < -0.3 is 4.42 Å². The van der Waals surface area contributed by atoms with Crippen LogP contribution in [0.15, 0.2) is 39.0 Å². The molecule has 1 aliphatic rings. The Morgan fingerprint density at radius 2 is 1.84 bits per heavy atom. The SMILES string of the molecule is Cc1nc(-c2nnc(NC(=O)c3ccc(S(=O)(=O)N4CC(C)CC(C)C4)cc3)o2)cs1. The Labute approximate surface area is 184 Å². The highest BCUT2D eigenvalue weighted by molar-refractivity contribution is 7.89. The first-order chi connectivity index (χ1) is 14.7. The van der Waals surface area contributed by atoms with E-state index in [1.807, 2.05) is 6.92 Å². The van der Waals surface area contributed by atoms with Crippen molar-refractivity contribution >= 4 is 33.3 Å². The molecule has 0 bridgehead atoms. The van der Waals surface area contributed by atoms with Crippen LogP contribution in [0.3, 0.4) is 0 Å². The lowest BCUT2D eigenvalue weighted by Crippen LogP contribution is -2.42. The van der Waals surface area contributed by atoms with Gasteiger partial charge in [0, 0.05) is 24.0 Å². The molecule has 9 nitrogen and oxygen atoms in total. The van der Waals surface area contributed by atoms with E-state index >= 15 is 0 Å². The number of carbonyl (C=O) groups excluding carboxylic acids is 1. The molecule has 0 aliphatic carbocycles. The minimum Gasteiger partial charge on any atom is -0.401 e. The number of hydrogen-bond acceptors (Lipinski definition) is 8. The lowest BCUT2D eigenvalue weighted by atomic mass is 9.94. The number of anilines is 1. The molecule has 1 aromatic carbocycles. The molecular formula is C20H23N5O4S2. The van der Waals surface area contributed by atoms with Crippen molar-refractivity contribution < 1.29 is 17.6 Å². The van der Waals surface area contributed by atoms with Crippen molar-refractivity contribution in [2.45, 2.75) is 32.1 Å². The maximum atomic E-state index is 13.0. The number of thiazole rings is 1. The fourth-order valence-electron chi connectivity index (χ4n) is 3.74. The maximum Gasteiger partial charge on any atom is 0.322 e. The highest BCUT2D eigenvalue weighted by Crippen LogP contribution is 2.27. The van der Waals surface area contributed by atoms with E-state index in [9.17, 15) is 13.2 Å². The molecule has 1 aliphatic heterocycles. The van der Waals surface area contributed by atoms with Gasteiger partial charge in [-0.25, -0.2) is 13.4 Å². The molecule has 2 aromatic heterocycles. The highest BCUT2D eigenvalue weighted by atomic mass is 32.2. The standard InChI is InChI=1S/C20H23N5O4S2/c1-12-8-13(2)10-25(9-12)31(27,28)16-6-4-15(5-7-16)18(26)22-20-24-23-19(29-20)17-11-30-14(3)21-17/h4-7,11-13H,8-10H2,1-3H3,(H,22,24,26). The Morgan fingerprint density at radius 3 is 2.45 bits per heavy atom. The van der Waals surface area contributed by atoms with Gasteiger partial charge in [-0.05, 0) is 49.4 Å². The van der Waals surface area contributed by atoms with Gasteiger partial charge in [0.05, 0.1) is 9.90 Å². The van der Waals surface area contributed by atoms with Crippen LogP contribution in [-0.2, 0) is 10.0 Å². The van der Waals surface area contributed by atoms with E-state index in [1.165, 1.54) is 39.9 Å². The normalized spacial score (nSPS) is 20.0. The second kappa shape index (κ2) is 8.48. The topological polar surface area (TPSA) is 118 Å². The summed E-state index contributed by atoms with van der Waals surface area (Å²) in [7, 11) is -3.60. The molecule has 4 rings (SSSR count). The molecule has 1 saturated heterocycles. The van der Waals surface area contributed by atoms with E-state index in [0.717, 1.165) is 11.4 Å². The summed E-state index contributed by atoms with van der Waals surface area (Å²) in [5.74, 6) is 0.368. The second-order valence-corrected chi connectivity index (χ2v) is 10.9. The number of nitrogens with zero attached hydrogens (tertiary/aromatic N) is 4. The summed E-state index contributed by atoms with van der Waals surface area (Å²) in [6.07, 6.45) is 1.02. The molecule has 0 spiro atoms. The maximum absolute atomic E-state index is 13.0. The minimum absolute atomic E-state index is 0.0568. The zero-order valence-corrected chi connectivity index (χ0v) is 19.0. The first kappa shape index (κ1) is 21.6. The number of carbonyl (C=O) groups is 1. The highest BCUT2D eigenvalue weighted by Gasteiger charge is 2.31. The quantitative estimate of drug-likeness (QED) is 0.618. The molecule has 31 heavy (non-hydrogen) atoms. The Bertz CT molecular complexity index is 1180. The van der Waals surface area contributed by atoms with Crippen LogP contribution >= 0.6 is 11.3 Å². The smallest absolute Gasteiger partial charge is 0.322 e. The molecule has 1 fully saturated rings. The zero-order chi connectivity index (χ0) is 22.2. The molecule has 0 saturated carbocycles. The number of piperidine rings is 1. The number of hydrogen-bond donors (Lipinski definition) is 1. The minimum atomic E-state index is -3.60. The van der Waals surface area contributed by atoms with Gasteiger partial charge in [0.25, 0.3) is 11.8 Å². The van der Waals surface area contributed by atoms with Crippen molar-refractivity contribution in [1.82, 2.24) is 19.5 Å². The number of aromatic nitrogens is 3. The third kappa shape index (κ3) is 4.68. The molecule has 2 unspecified atom stereocenters. The van der Waals surface area contributed by atoms with Crippen LogP contribution in [0.1, 0.15) is 35.6 Å². The average Bonchev–Trinajstić information content (AvgIpc) is 3.36. The van der Waals surface area contributed by atoms with E-state index in [1.54, 1.807) is 5.38 Å². The van der Waals surface area contributed by atoms with Crippen LogP contribution < -0.4 is 5.32 Å². The van der Waals surface area contributed by atoms with E-state index in [-0.39, 0.29) is 22.4 Å². The van der Waals surface area contributed by atoms with Crippen molar-refractivity contribution in [1.29, 1.82) is 0 Å².